The topological polar surface area (TPSA) is 76.1 Å². The fourth-order valence-electron chi connectivity index (χ4n) is 2.39. The van der Waals surface area contributed by atoms with Gasteiger partial charge in [-0.25, -0.2) is 9.97 Å². The average Bonchev–Trinajstić information content (AvgIpc) is 2.66. The maximum absolute atomic E-state index is 12.3. The molecule has 1 amide bonds. The third-order valence-corrected chi connectivity index (χ3v) is 3.74. The minimum Gasteiger partial charge on any atom is -0.492 e. The van der Waals surface area contributed by atoms with E-state index in [0.717, 1.165) is 22.7 Å². The number of carbonyl (C=O) groups is 1. The van der Waals surface area contributed by atoms with Crippen molar-refractivity contribution in [3.8, 4) is 5.75 Å². The largest absolute Gasteiger partial charge is 0.492 e. The minimum atomic E-state index is -0.249. The molecule has 3 rings (SSSR count). The van der Waals surface area contributed by atoms with Crippen molar-refractivity contribution < 1.29 is 9.53 Å². The number of ether oxygens (including phenoxy) is 1. The van der Waals surface area contributed by atoms with Crippen molar-refractivity contribution in [2.75, 3.05) is 17.2 Å². The van der Waals surface area contributed by atoms with Crippen LogP contribution in [-0.2, 0) is 0 Å². The Labute approximate surface area is 152 Å². The molecule has 1 aromatic heterocycles. The molecule has 6 heteroatoms. The summed E-state index contributed by atoms with van der Waals surface area (Å²) in [5.41, 5.74) is 2.92. The first kappa shape index (κ1) is 17.4. The number of benzene rings is 2. The molecule has 0 bridgehead atoms. The van der Waals surface area contributed by atoms with Crippen LogP contribution < -0.4 is 15.4 Å². The molecule has 0 unspecified atom stereocenters. The number of nitrogens with one attached hydrogen (secondary N) is 2. The summed E-state index contributed by atoms with van der Waals surface area (Å²) in [7, 11) is 0. The minimum absolute atomic E-state index is 0.249. The maximum Gasteiger partial charge on any atom is 0.258 e. The van der Waals surface area contributed by atoms with Crippen molar-refractivity contribution in [2.24, 2.45) is 0 Å². The van der Waals surface area contributed by atoms with Crippen LogP contribution in [0.25, 0.3) is 0 Å². The third kappa shape index (κ3) is 4.16. The van der Waals surface area contributed by atoms with E-state index in [-0.39, 0.29) is 5.91 Å². The number of anilines is 3. The van der Waals surface area contributed by atoms with Gasteiger partial charge in [-0.05, 0) is 37.6 Å². The van der Waals surface area contributed by atoms with E-state index in [9.17, 15) is 4.79 Å². The van der Waals surface area contributed by atoms with E-state index in [1.807, 2.05) is 62.4 Å². The van der Waals surface area contributed by atoms with Crippen molar-refractivity contribution in [3.05, 3.63) is 72.1 Å². The molecule has 0 fully saturated rings. The van der Waals surface area contributed by atoms with Crippen LogP contribution in [0, 0.1) is 6.92 Å². The van der Waals surface area contributed by atoms with Gasteiger partial charge in [0.2, 0.25) is 5.95 Å². The van der Waals surface area contributed by atoms with E-state index < -0.39 is 0 Å². The van der Waals surface area contributed by atoms with Crippen molar-refractivity contribution in [1.82, 2.24) is 9.97 Å². The van der Waals surface area contributed by atoms with Gasteiger partial charge < -0.3 is 15.4 Å². The molecule has 0 saturated carbocycles. The number of aromatic nitrogens is 2. The first-order valence-corrected chi connectivity index (χ1v) is 8.35. The molecule has 26 heavy (non-hydrogen) atoms. The summed E-state index contributed by atoms with van der Waals surface area (Å²) in [6.45, 7) is 4.43. The van der Waals surface area contributed by atoms with Crippen LogP contribution in [0.1, 0.15) is 22.8 Å². The quantitative estimate of drug-likeness (QED) is 0.699. The molecule has 0 aliphatic rings. The van der Waals surface area contributed by atoms with Gasteiger partial charge in [-0.3, -0.25) is 4.79 Å². The van der Waals surface area contributed by atoms with Crippen LogP contribution >= 0.6 is 0 Å². The SMILES string of the molecule is CCOc1ccccc1Nc1ncc(C(=O)Nc2ccccc2C)cn1. The number of hydrogen-bond acceptors (Lipinski definition) is 5. The molecular formula is C20H20N4O2. The molecule has 0 atom stereocenters. The number of nitrogens with zero attached hydrogens (tertiary/aromatic N) is 2. The smallest absolute Gasteiger partial charge is 0.258 e. The summed E-state index contributed by atoms with van der Waals surface area (Å²) in [5.74, 6) is 0.866. The van der Waals surface area contributed by atoms with E-state index in [0.29, 0.717) is 18.1 Å². The lowest BCUT2D eigenvalue weighted by atomic mass is 10.2. The number of para-hydroxylation sites is 3. The summed E-state index contributed by atoms with van der Waals surface area (Å²) in [4.78, 5) is 20.8. The number of rotatable bonds is 6. The second kappa shape index (κ2) is 8.11. The van der Waals surface area contributed by atoms with Crippen LogP contribution in [0.2, 0.25) is 0 Å². The fourth-order valence-corrected chi connectivity index (χ4v) is 2.39. The summed E-state index contributed by atoms with van der Waals surface area (Å²) in [5, 5.41) is 5.97. The van der Waals surface area contributed by atoms with Gasteiger partial charge in [-0.1, -0.05) is 30.3 Å². The number of aryl methyl sites for hydroxylation is 1. The first-order valence-electron chi connectivity index (χ1n) is 8.35. The van der Waals surface area contributed by atoms with Crippen molar-refractivity contribution in [1.29, 1.82) is 0 Å². The van der Waals surface area contributed by atoms with Gasteiger partial charge in [0.25, 0.3) is 5.91 Å². The molecule has 0 aliphatic carbocycles. The van der Waals surface area contributed by atoms with Crippen LogP contribution in [0.4, 0.5) is 17.3 Å². The van der Waals surface area contributed by atoms with E-state index in [1.54, 1.807) is 0 Å². The van der Waals surface area contributed by atoms with E-state index in [2.05, 4.69) is 20.6 Å². The predicted octanol–water partition coefficient (Wildman–Crippen LogP) is 4.18. The molecule has 2 aromatic carbocycles. The van der Waals surface area contributed by atoms with Crippen LogP contribution in [-0.4, -0.2) is 22.5 Å². The highest BCUT2D eigenvalue weighted by atomic mass is 16.5. The first-order chi connectivity index (χ1) is 12.7. The molecule has 0 radical (unpaired) electrons. The predicted molar refractivity (Wildman–Crippen MR) is 102 cm³/mol. The van der Waals surface area contributed by atoms with Crippen molar-refractivity contribution in [2.45, 2.75) is 13.8 Å². The van der Waals surface area contributed by atoms with E-state index in [1.165, 1.54) is 12.4 Å². The normalized spacial score (nSPS) is 10.2. The highest BCUT2D eigenvalue weighted by Crippen LogP contribution is 2.25. The molecule has 0 saturated heterocycles. The Kier molecular flexibility index (Phi) is 5.43. The lowest BCUT2D eigenvalue weighted by Crippen LogP contribution is -2.13. The number of hydrogen-bond donors (Lipinski definition) is 2. The second-order valence-corrected chi connectivity index (χ2v) is 5.62. The van der Waals surface area contributed by atoms with Crippen LogP contribution in [0.5, 0.6) is 5.75 Å². The van der Waals surface area contributed by atoms with Gasteiger partial charge >= 0.3 is 0 Å². The Bertz CT molecular complexity index is 894. The van der Waals surface area contributed by atoms with Gasteiger partial charge in [-0.15, -0.1) is 0 Å². The van der Waals surface area contributed by atoms with Crippen molar-refractivity contribution >= 4 is 23.2 Å². The summed E-state index contributed by atoms with van der Waals surface area (Å²) in [6, 6.07) is 15.1. The van der Waals surface area contributed by atoms with Gasteiger partial charge in [0.1, 0.15) is 5.75 Å². The highest BCUT2D eigenvalue weighted by Gasteiger charge is 2.10. The second-order valence-electron chi connectivity index (χ2n) is 5.62. The van der Waals surface area contributed by atoms with Crippen LogP contribution in [0.3, 0.4) is 0 Å². The molecule has 0 aliphatic heterocycles. The summed E-state index contributed by atoms with van der Waals surface area (Å²) >= 11 is 0. The number of amides is 1. The Hall–Kier alpha value is -3.41. The monoisotopic (exact) mass is 348 g/mol. The summed E-state index contributed by atoms with van der Waals surface area (Å²) in [6.07, 6.45) is 2.98. The zero-order valence-electron chi connectivity index (χ0n) is 14.7. The van der Waals surface area contributed by atoms with Gasteiger partial charge in [0, 0.05) is 18.1 Å². The summed E-state index contributed by atoms with van der Waals surface area (Å²) < 4.78 is 5.57. The highest BCUT2D eigenvalue weighted by molar-refractivity contribution is 6.04. The molecule has 132 valence electrons. The Morgan fingerprint density at radius 2 is 1.65 bits per heavy atom. The van der Waals surface area contributed by atoms with E-state index >= 15 is 0 Å². The van der Waals surface area contributed by atoms with Gasteiger partial charge in [0.05, 0.1) is 17.9 Å². The third-order valence-electron chi connectivity index (χ3n) is 3.74. The fraction of sp³-hybridized carbons (Fsp3) is 0.150. The Morgan fingerprint density at radius 3 is 2.35 bits per heavy atom. The Balaban J connectivity index is 1.71. The van der Waals surface area contributed by atoms with Gasteiger partial charge in [0.15, 0.2) is 0 Å². The maximum atomic E-state index is 12.3. The van der Waals surface area contributed by atoms with E-state index in [4.69, 9.17) is 4.74 Å². The molecule has 6 nitrogen and oxygen atoms in total. The van der Waals surface area contributed by atoms with Crippen LogP contribution in [0.15, 0.2) is 60.9 Å². The van der Waals surface area contributed by atoms with Crippen molar-refractivity contribution in [3.63, 3.8) is 0 Å². The average molecular weight is 348 g/mol. The van der Waals surface area contributed by atoms with Gasteiger partial charge in [-0.2, -0.15) is 0 Å². The standard InChI is InChI=1S/C20H20N4O2/c1-3-26-18-11-7-6-10-17(18)24-20-21-12-15(13-22-20)19(25)23-16-9-5-4-8-14(16)2/h4-13H,3H2,1-2H3,(H,23,25)(H,21,22,24). The molecule has 3 aromatic rings. The zero-order valence-corrected chi connectivity index (χ0v) is 14.7. The number of carbonyl (C=O) groups excluding carboxylic acids is 1. The molecule has 0 spiro atoms. The Morgan fingerprint density at radius 1 is 1.00 bits per heavy atom. The lowest BCUT2D eigenvalue weighted by molar-refractivity contribution is 0.102. The molecule has 1 heterocycles. The zero-order chi connectivity index (χ0) is 18.4. The lowest BCUT2D eigenvalue weighted by Gasteiger charge is -2.11. The molecular weight excluding hydrogens is 328 g/mol. The molecule has 2 N–H and O–H groups in total.